The van der Waals surface area contributed by atoms with E-state index in [1.54, 1.807) is 43.3 Å². The quantitative estimate of drug-likeness (QED) is 0.858. The molecule has 0 aliphatic rings. The number of nitrogens with one attached hydrogen (secondary N) is 1. The molecule has 0 radical (unpaired) electrons. The number of carbonyl (C=O) groups excluding carboxylic acids is 3. The zero-order valence-corrected chi connectivity index (χ0v) is 14.0. The van der Waals surface area contributed by atoms with Gasteiger partial charge in [0.1, 0.15) is 5.75 Å². The number of para-hydroxylation sites is 1. The van der Waals surface area contributed by atoms with Gasteiger partial charge in [-0.2, -0.15) is 0 Å². The molecule has 2 aromatic carbocycles. The van der Waals surface area contributed by atoms with Gasteiger partial charge in [0.05, 0.1) is 31.0 Å². The van der Waals surface area contributed by atoms with E-state index in [0.29, 0.717) is 11.3 Å². The third-order valence-electron chi connectivity index (χ3n) is 3.39. The summed E-state index contributed by atoms with van der Waals surface area (Å²) in [4.78, 5) is 36.2. The first-order chi connectivity index (χ1) is 12.0. The molecule has 2 aromatic rings. The topological polar surface area (TPSA) is 90.9 Å². The van der Waals surface area contributed by atoms with Crippen molar-refractivity contribution in [1.29, 1.82) is 0 Å². The molecular formula is C18H17NO6. The van der Waals surface area contributed by atoms with Crippen LogP contribution < -0.4 is 10.1 Å². The molecular weight excluding hydrogens is 326 g/mol. The predicted octanol–water partition coefficient (Wildman–Crippen LogP) is 3.18. The van der Waals surface area contributed by atoms with Crippen molar-refractivity contribution in [3.8, 4) is 5.75 Å². The number of methoxy groups -OCH3 is 2. The van der Waals surface area contributed by atoms with Gasteiger partial charge in [-0.1, -0.05) is 24.3 Å². The van der Waals surface area contributed by atoms with Crippen LogP contribution in [0.2, 0.25) is 0 Å². The molecule has 0 saturated carbocycles. The number of carbonyl (C=O) groups is 3. The summed E-state index contributed by atoms with van der Waals surface area (Å²) in [5.41, 5.74) is 0.558. The number of hydrogen-bond donors (Lipinski definition) is 1. The predicted molar refractivity (Wildman–Crippen MR) is 89.9 cm³/mol. The van der Waals surface area contributed by atoms with Gasteiger partial charge in [0.25, 0.3) is 0 Å². The third-order valence-corrected chi connectivity index (χ3v) is 3.39. The van der Waals surface area contributed by atoms with E-state index in [2.05, 4.69) is 10.1 Å². The lowest BCUT2D eigenvalue weighted by molar-refractivity contribution is 0.0556. The van der Waals surface area contributed by atoms with Gasteiger partial charge in [0, 0.05) is 0 Å². The first kappa shape index (κ1) is 18.0. The summed E-state index contributed by atoms with van der Waals surface area (Å²) in [6.45, 7) is 1.67. The second kappa shape index (κ2) is 7.96. The molecule has 7 heteroatoms. The van der Waals surface area contributed by atoms with E-state index in [-0.39, 0.29) is 16.8 Å². The highest BCUT2D eigenvalue weighted by atomic mass is 16.6. The Labute approximate surface area is 144 Å². The van der Waals surface area contributed by atoms with Gasteiger partial charge < -0.3 is 14.2 Å². The molecule has 7 nitrogen and oxygen atoms in total. The Kier molecular flexibility index (Phi) is 5.73. The first-order valence-electron chi connectivity index (χ1n) is 7.32. The van der Waals surface area contributed by atoms with E-state index in [1.165, 1.54) is 20.3 Å². The first-order valence-corrected chi connectivity index (χ1v) is 7.32. The molecule has 1 N–H and O–H groups in total. The average Bonchev–Trinajstić information content (AvgIpc) is 2.62. The van der Waals surface area contributed by atoms with E-state index in [4.69, 9.17) is 9.47 Å². The van der Waals surface area contributed by atoms with Gasteiger partial charge in [0.15, 0.2) is 0 Å². The summed E-state index contributed by atoms with van der Waals surface area (Å²) < 4.78 is 14.6. The van der Waals surface area contributed by atoms with Crippen molar-refractivity contribution < 1.29 is 28.6 Å². The van der Waals surface area contributed by atoms with Crippen molar-refractivity contribution in [2.45, 2.75) is 6.92 Å². The fraction of sp³-hybridized carbons (Fsp3) is 0.167. The maximum Gasteiger partial charge on any atom is 0.417 e. The minimum absolute atomic E-state index is 0.0186. The highest BCUT2D eigenvalue weighted by molar-refractivity contribution is 6.09. The lowest BCUT2D eigenvalue weighted by atomic mass is 10.0. The average molecular weight is 343 g/mol. The Hall–Kier alpha value is -3.35. The molecule has 0 bridgehead atoms. The minimum atomic E-state index is -0.804. The van der Waals surface area contributed by atoms with Gasteiger partial charge >= 0.3 is 18.0 Å². The Morgan fingerprint density at radius 1 is 0.880 bits per heavy atom. The zero-order chi connectivity index (χ0) is 18.4. The molecule has 0 spiro atoms. The molecule has 1 amide bonds. The van der Waals surface area contributed by atoms with Crippen LogP contribution in [0, 0.1) is 6.92 Å². The second-order valence-electron chi connectivity index (χ2n) is 4.99. The van der Waals surface area contributed by atoms with E-state index in [9.17, 15) is 14.4 Å². The number of aryl methyl sites for hydroxylation is 1. The summed E-state index contributed by atoms with van der Waals surface area (Å²) in [5.74, 6) is -1.17. The largest absolute Gasteiger partial charge is 0.465 e. The Morgan fingerprint density at radius 3 is 2.12 bits per heavy atom. The van der Waals surface area contributed by atoms with Crippen LogP contribution in [0.1, 0.15) is 26.3 Å². The summed E-state index contributed by atoms with van der Waals surface area (Å²) >= 11 is 0. The third kappa shape index (κ3) is 4.14. The number of amides is 1. The van der Waals surface area contributed by atoms with Gasteiger partial charge in [-0.3, -0.25) is 5.32 Å². The van der Waals surface area contributed by atoms with Crippen molar-refractivity contribution >= 4 is 23.7 Å². The number of rotatable bonds is 4. The molecule has 130 valence electrons. The van der Waals surface area contributed by atoms with Crippen LogP contribution in [0.4, 0.5) is 10.5 Å². The summed E-state index contributed by atoms with van der Waals surface area (Å²) in [6, 6.07) is 11.4. The summed E-state index contributed by atoms with van der Waals surface area (Å²) in [6.07, 6.45) is -0.804. The van der Waals surface area contributed by atoms with Gasteiger partial charge in [-0.25, -0.2) is 14.4 Å². The number of ether oxygens (including phenoxy) is 3. The molecule has 0 heterocycles. The smallest absolute Gasteiger partial charge is 0.417 e. The van der Waals surface area contributed by atoms with Crippen LogP contribution in [0.25, 0.3) is 0 Å². The minimum Gasteiger partial charge on any atom is -0.465 e. The zero-order valence-electron chi connectivity index (χ0n) is 14.0. The summed E-state index contributed by atoms with van der Waals surface area (Å²) in [5, 5.41) is 2.49. The second-order valence-corrected chi connectivity index (χ2v) is 4.99. The number of anilines is 1. The number of esters is 2. The maximum atomic E-state index is 12.1. The van der Waals surface area contributed by atoms with Crippen LogP contribution in [0.15, 0.2) is 42.5 Å². The van der Waals surface area contributed by atoms with Crippen molar-refractivity contribution in [2.75, 3.05) is 19.5 Å². The van der Waals surface area contributed by atoms with E-state index >= 15 is 0 Å². The Morgan fingerprint density at radius 2 is 1.52 bits per heavy atom. The lowest BCUT2D eigenvalue weighted by Crippen LogP contribution is -2.22. The molecule has 0 saturated heterocycles. The van der Waals surface area contributed by atoms with Crippen LogP contribution in [-0.2, 0) is 9.47 Å². The van der Waals surface area contributed by atoms with E-state index < -0.39 is 18.0 Å². The SMILES string of the molecule is COC(=O)c1ccc(C)c(NC(=O)Oc2ccccc2)c1C(=O)OC. The van der Waals surface area contributed by atoms with Crippen LogP contribution >= 0.6 is 0 Å². The Balaban J connectivity index is 2.40. The number of benzene rings is 2. The van der Waals surface area contributed by atoms with Crippen LogP contribution in [0.3, 0.4) is 0 Å². The van der Waals surface area contributed by atoms with Gasteiger partial charge in [-0.05, 0) is 30.7 Å². The van der Waals surface area contributed by atoms with Crippen molar-refractivity contribution in [1.82, 2.24) is 0 Å². The molecule has 2 rings (SSSR count). The molecule has 0 atom stereocenters. The van der Waals surface area contributed by atoms with Crippen molar-refractivity contribution in [2.24, 2.45) is 0 Å². The molecule has 0 aromatic heterocycles. The molecule has 0 aliphatic heterocycles. The lowest BCUT2D eigenvalue weighted by Gasteiger charge is -2.15. The normalized spacial score (nSPS) is 9.88. The molecule has 0 unspecified atom stereocenters. The van der Waals surface area contributed by atoms with Gasteiger partial charge in [-0.15, -0.1) is 0 Å². The van der Waals surface area contributed by atoms with Crippen molar-refractivity contribution in [3.63, 3.8) is 0 Å². The highest BCUT2D eigenvalue weighted by Crippen LogP contribution is 2.26. The fourth-order valence-electron chi connectivity index (χ4n) is 2.19. The summed E-state index contributed by atoms with van der Waals surface area (Å²) in [7, 11) is 2.37. The van der Waals surface area contributed by atoms with Crippen LogP contribution in [-0.4, -0.2) is 32.3 Å². The molecule has 25 heavy (non-hydrogen) atoms. The molecule has 0 fully saturated rings. The number of hydrogen-bond acceptors (Lipinski definition) is 6. The Bertz CT molecular complexity index is 801. The highest BCUT2D eigenvalue weighted by Gasteiger charge is 2.25. The molecule has 0 aliphatic carbocycles. The van der Waals surface area contributed by atoms with Gasteiger partial charge in [0.2, 0.25) is 0 Å². The monoisotopic (exact) mass is 343 g/mol. The van der Waals surface area contributed by atoms with E-state index in [0.717, 1.165) is 0 Å². The van der Waals surface area contributed by atoms with Crippen molar-refractivity contribution in [3.05, 3.63) is 59.2 Å². The fourth-order valence-corrected chi connectivity index (χ4v) is 2.19. The maximum absolute atomic E-state index is 12.1. The van der Waals surface area contributed by atoms with Crippen LogP contribution in [0.5, 0.6) is 5.75 Å². The standard InChI is InChI=1S/C18H17NO6/c1-11-9-10-13(16(20)23-2)14(17(21)24-3)15(11)19-18(22)25-12-7-5-4-6-8-12/h4-10H,1-3H3,(H,19,22). The van der Waals surface area contributed by atoms with E-state index in [1.807, 2.05) is 0 Å².